The Labute approximate surface area is 154 Å². The smallest absolute Gasteiger partial charge is 0.317 e. The third-order valence-corrected chi connectivity index (χ3v) is 4.79. The number of rotatable bonds is 5. The number of hydrogen-bond donors (Lipinski definition) is 1. The number of piperazine rings is 1. The molecule has 2 aromatic carbocycles. The van der Waals surface area contributed by atoms with Crippen LogP contribution in [0.5, 0.6) is 0 Å². The van der Waals surface area contributed by atoms with Crippen LogP contribution in [0.15, 0.2) is 54.6 Å². The topological polar surface area (TPSA) is 35.6 Å². The van der Waals surface area contributed by atoms with Crippen molar-refractivity contribution in [2.45, 2.75) is 13.0 Å². The molecule has 4 nitrogen and oxygen atoms in total. The quantitative estimate of drug-likeness (QED) is 0.890. The average Bonchev–Trinajstić information content (AvgIpc) is 2.66. The van der Waals surface area contributed by atoms with Gasteiger partial charge in [-0.05, 0) is 29.7 Å². The third kappa shape index (κ3) is 5.48. The van der Waals surface area contributed by atoms with Crippen LogP contribution < -0.4 is 5.32 Å². The second-order valence-corrected chi connectivity index (χ2v) is 6.79. The van der Waals surface area contributed by atoms with Crippen molar-refractivity contribution in [3.05, 3.63) is 70.7 Å². The Bertz CT molecular complexity index is 684. The lowest BCUT2D eigenvalue weighted by Gasteiger charge is -2.34. The lowest BCUT2D eigenvalue weighted by molar-refractivity contribution is 0.140. The van der Waals surface area contributed by atoms with Crippen LogP contribution in [0.3, 0.4) is 0 Å². The average molecular weight is 358 g/mol. The van der Waals surface area contributed by atoms with Crippen molar-refractivity contribution in [1.29, 1.82) is 0 Å². The maximum absolute atomic E-state index is 12.3. The van der Waals surface area contributed by atoms with E-state index >= 15 is 0 Å². The zero-order chi connectivity index (χ0) is 17.5. The van der Waals surface area contributed by atoms with Gasteiger partial charge in [0.05, 0.1) is 0 Å². The molecule has 2 amide bonds. The molecule has 1 aliphatic heterocycles. The van der Waals surface area contributed by atoms with Gasteiger partial charge in [-0.2, -0.15) is 0 Å². The van der Waals surface area contributed by atoms with Gasteiger partial charge in [0.25, 0.3) is 0 Å². The van der Waals surface area contributed by atoms with Crippen molar-refractivity contribution in [2.24, 2.45) is 0 Å². The summed E-state index contributed by atoms with van der Waals surface area (Å²) in [5.74, 6) is 0. The summed E-state index contributed by atoms with van der Waals surface area (Å²) in [5, 5.41) is 3.67. The summed E-state index contributed by atoms with van der Waals surface area (Å²) >= 11 is 5.97. The number of amides is 2. The van der Waals surface area contributed by atoms with Crippen LogP contribution in [0.4, 0.5) is 4.79 Å². The van der Waals surface area contributed by atoms with Gasteiger partial charge in [0.1, 0.15) is 0 Å². The molecule has 25 heavy (non-hydrogen) atoms. The minimum atomic E-state index is 0.00249. The molecule has 0 unspecified atom stereocenters. The predicted octanol–water partition coefficient (Wildman–Crippen LogP) is 3.41. The first-order valence-corrected chi connectivity index (χ1v) is 9.12. The zero-order valence-electron chi connectivity index (χ0n) is 14.3. The molecule has 1 N–H and O–H groups in total. The van der Waals surface area contributed by atoms with Crippen molar-refractivity contribution in [2.75, 3.05) is 32.7 Å². The highest BCUT2D eigenvalue weighted by molar-refractivity contribution is 6.30. The molecule has 1 fully saturated rings. The van der Waals surface area contributed by atoms with Crippen LogP contribution in [0.1, 0.15) is 11.1 Å². The molecule has 1 saturated heterocycles. The first kappa shape index (κ1) is 17.8. The molecule has 2 aromatic rings. The van der Waals surface area contributed by atoms with Crippen LogP contribution in [0.25, 0.3) is 0 Å². The van der Waals surface area contributed by atoms with E-state index in [1.807, 2.05) is 35.2 Å². The summed E-state index contributed by atoms with van der Waals surface area (Å²) in [5.41, 5.74) is 2.38. The van der Waals surface area contributed by atoms with Crippen LogP contribution in [-0.4, -0.2) is 48.6 Å². The first-order valence-electron chi connectivity index (χ1n) is 8.74. The van der Waals surface area contributed by atoms with E-state index in [1.165, 1.54) is 5.56 Å². The normalized spacial score (nSPS) is 15.2. The van der Waals surface area contributed by atoms with Crippen molar-refractivity contribution < 1.29 is 4.79 Å². The van der Waals surface area contributed by atoms with Crippen molar-refractivity contribution >= 4 is 17.6 Å². The molecular weight excluding hydrogens is 334 g/mol. The summed E-state index contributed by atoms with van der Waals surface area (Å²) in [4.78, 5) is 16.6. The summed E-state index contributed by atoms with van der Waals surface area (Å²) in [7, 11) is 0. The Morgan fingerprint density at radius 1 is 0.960 bits per heavy atom. The Morgan fingerprint density at radius 3 is 2.40 bits per heavy atom. The molecule has 1 heterocycles. The van der Waals surface area contributed by atoms with Gasteiger partial charge in [-0.1, -0.05) is 54.1 Å². The highest BCUT2D eigenvalue weighted by Gasteiger charge is 2.20. The zero-order valence-corrected chi connectivity index (χ0v) is 15.1. The third-order valence-electron chi connectivity index (χ3n) is 4.55. The number of carbonyl (C=O) groups excluding carboxylic acids is 1. The van der Waals surface area contributed by atoms with Gasteiger partial charge in [0, 0.05) is 44.3 Å². The highest BCUT2D eigenvalue weighted by Crippen LogP contribution is 2.11. The first-order chi connectivity index (χ1) is 12.2. The maximum atomic E-state index is 12.3. The number of urea groups is 1. The fourth-order valence-corrected chi connectivity index (χ4v) is 3.26. The van der Waals surface area contributed by atoms with Crippen LogP contribution in [0.2, 0.25) is 5.02 Å². The van der Waals surface area contributed by atoms with E-state index in [0.29, 0.717) is 11.6 Å². The van der Waals surface area contributed by atoms with Gasteiger partial charge in [0.2, 0.25) is 0 Å². The molecular formula is C20H24ClN3O. The van der Waals surface area contributed by atoms with E-state index in [9.17, 15) is 4.79 Å². The van der Waals surface area contributed by atoms with Crippen molar-refractivity contribution in [1.82, 2.24) is 15.1 Å². The Hall–Kier alpha value is -2.04. The molecule has 132 valence electrons. The fourth-order valence-electron chi connectivity index (χ4n) is 3.04. The Balaban J connectivity index is 1.38. The molecule has 0 spiro atoms. The minimum Gasteiger partial charge on any atom is -0.334 e. The summed E-state index contributed by atoms with van der Waals surface area (Å²) in [6, 6.07) is 18.1. The predicted molar refractivity (Wildman–Crippen MR) is 102 cm³/mol. The number of halogens is 1. The number of nitrogens with one attached hydrogen (secondary N) is 1. The Kier molecular flexibility index (Phi) is 6.31. The summed E-state index contributed by atoms with van der Waals surface area (Å²) < 4.78 is 0. The van der Waals surface area contributed by atoms with E-state index in [0.717, 1.165) is 44.7 Å². The van der Waals surface area contributed by atoms with Crippen LogP contribution in [-0.2, 0) is 13.0 Å². The van der Waals surface area contributed by atoms with Gasteiger partial charge in [-0.25, -0.2) is 4.79 Å². The van der Waals surface area contributed by atoms with Gasteiger partial charge < -0.3 is 10.2 Å². The molecule has 0 aliphatic carbocycles. The molecule has 3 rings (SSSR count). The molecule has 5 heteroatoms. The largest absolute Gasteiger partial charge is 0.334 e. The second kappa shape index (κ2) is 8.88. The van der Waals surface area contributed by atoms with E-state index in [4.69, 9.17) is 11.6 Å². The van der Waals surface area contributed by atoms with E-state index in [-0.39, 0.29) is 6.03 Å². The monoisotopic (exact) mass is 357 g/mol. The van der Waals surface area contributed by atoms with Gasteiger partial charge in [-0.3, -0.25) is 4.90 Å². The highest BCUT2D eigenvalue weighted by atomic mass is 35.5. The second-order valence-electron chi connectivity index (χ2n) is 6.35. The number of benzene rings is 2. The standard InChI is InChI=1S/C20H24ClN3O/c21-19-8-4-7-18(15-19)16-22-20(25)24-13-11-23(12-14-24)10-9-17-5-2-1-3-6-17/h1-8,15H,9-14,16H2,(H,22,25). The molecule has 0 atom stereocenters. The van der Waals surface area contributed by atoms with E-state index in [1.54, 1.807) is 0 Å². The van der Waals surface area contributed by atoms with Crippen molar-refractivity contribution in [3.63, 3.8) is 0 Å². The van der Waals surface area contributed by atoms with Crippen molar-refractivity contribution in [3.8, 4) is 0 Å². The molecule has 0 radical (unpaired) electrons. The number of nitrogens with zero attached hydrogens (tertiary/aromatic N) is 2. The summed E-state index contributed by atoms with van der Waals surface area (Å²) in [6.45, 7) is 4.96. The molecule has 0 aromatic heterocycles. The molecule has 0 saturated carbocycles. The number of hydrogen-bond acceptors (Lipinski definition) is 2. The van der Waals surface area contributed by atoms with Gasteiger partial charge in [-0.15, -0.1) is 0 Å². The van der Waals surface area contributed by atoms with Crippen LogP contribution in [0, 0.1) is 0 Å². The SMILES string of the molecule is O=C(NCc1cccc(Cl)c1)N1CCN(CCc2ccccc2)CC1. The van der Waals surface area contributed by atoms with Crippen LogP contribution >= 0.6 is 11.6 Å². The summed E-state index contributed by atoms with van der Waals surface area (Å²) in [6.07, 6.45) is 1.06. The fraction of sp³-hybridized carbons (Fsp3) is 0.350. The lowest BCUT2D eigenvalue weighted by Crippen LogP contribution is -2.51. The lowest BCUT2D eigenvalue weighted by atomic mass is 10.1. The van der Waals surface area contributed by atoms with Gasteiger partial charge in [0.15, 0.2) is 0 Å². The maximum Gasteiger partial charge on any atom is 0.317 e. The Morgan fingerprint density at radius 2 is 1.68 bits per heavy atom. The van der Waals surface area contributed by atoms with E-state index in [2.05, 4.69) is 34.5 Å². The number of carbonyl (C=O) groups is 1. The molecule has 1 aliphatic rings. The minimum absolute atomic E-state index is 0.00249. The molecule has 0 bridgehead atoms. The van der Waals surface area contributed by atoms with Gasteiger partial charge >= 0.3 is 6.03 Å². The van der Waals surface area contributed by atoms with E-state index < -0.39 is 0 Å².